The van der Waals surface area contributed by atoms with E-state index < -0.39 is 10.0 Å². The lowest BCUT2D eigenvalue weighted by atomic mass is 10.2. The standard InChI is InChI=1S/C15H14ClN3O3S/c1-8-3-4-14(9(2)5-8)23(21,22)19-11-7-13-12(6-10(11)16)17-15(20)18-13/h3-7,19H,1-2H3,(H2,17,18,20). The maximum absolute atomic E-state index is 12.6. The minimum absolute atomic E-state index is 0.182. The second kappa shape index (κ2) is 5.43. The predicted molar refractivity (Wildman–Crippen MR) is 90.7 cm³/mol. The Bertz CT molecular complexity index is 1070. The number of anilines is 1. The number of sulfonamides is 1. The van der Waals surface area contributed by atoms with Crippen molar-refractivity contribution in [2.45, 2.75) is 18.7 Å². The first kappa shape index (κ1) is 15.6. The number of H-pyrrole nitrogens is 2. The Hall–Kier alpha value is -2.25. The van der Waals surface area contributed by atoms with Gasteiger partial charge in [-0.1, -0.05) is 29.3 Å². The summed E-state index contributed by atoms with van der Waals surface area (Å²) in [6.07, 6.45) is 0. The third kappa shape index (κ3) is 2.97. The number of halogens is 1. The topological polar surface area (TPSA) is 94.8 Å². The van der Waals surface area contributed by atoms with Gasteiger partial charge in [-0.3, -0.25) is 4.72 Å². The zero-order valence-corrected chi connectivity index (χ0v) is 14.0. The van der Waals surface area contributed by atoms with Gasteiger partial charge in [-0.2, -0.15) is 0 Å². The second-order valence-corrected chi connectivity index (χ2v) is 7.39. The lowest BCUT2D eigenvalue weighted by Gasteiger charge is -2.12. The van der Waals surface area contributed by atoms with Crippen LogP contribution in [0.5, 0.6) is 0 Å². The van der Waals surface area contributed by atoms with E-state index in [1.54, 1.807) is 25.1 Å². The summed E-state index contributed by atoms with van der Waals surface area (Å²) in [5, 5.41) is 0.195. The molecule has 2 aromatic carbocycles. The number of aromatic amines is 2. The molecular formula is C15H14ClN3O3S. The molecule has 0 spiro atoms. The highest BCUT2D eigenvalue weighted by atomic mass is 35.5. The van der Waals surface area contributed by atoms with Crippen LogP contribution in [0.15, 0.2) is 40.0 Å². The number of imidazole rings is 1. The van der Waals surface area contributed by atoms with E-state index in [0.717, 1.165) is 5.56 Å². The maximum atomic E-state index is 12.6. The van der Waals surface area contributed by atoms with E-state index >= 15 is 0 Å². The average molecular weight is 352 g/mol. The molecule has 0 radical (unpaired) electrons. The number of fused-ring (bicyclic) bond motifs is 1. The highest BCUT2D eigenvalue weighted by molar-refractivity contribution is 7.92. The number of aromatic nitrogens is 2. The molecule has 0 unspecified atom stereocenters. The molecule has 120 valence electrons. The monoisotopic (exact) mass is 351 g/mol. The molecule has 3 N–H and O–H groups in total. The van der Waals surface area contributed by atoms with Crippen molar-refractivity contribution in [1.29, 1.82) is 0 Å². The van der Waals surface area contributed by atoms with Gasteiger partial charge in [0.2, 0.25) is 0 Å². The molecule has 0 aliphatic carbocycles. The number of rotatable bonds is 3. The van der Waals surface area contributed by atoms with E-state index in [1.165, 1.54) is 12.1 Å². The van der Waals surface area contributed by atoms with Crippen molar-refractivity contribution < 1.29 is 8.42 Å². The van der Waals surface area contributed by atoms with Gasteiger partial charge in [-0.25, -0.2) is 13.2 Å². The van der Waals surface area contributed by atoms with Crippen molar-refractivity contribution in [1.82, 2.24) is 9.97 Å². The Labute approximate surface area is 137 Å². The number of nitrogens with one attached hydrogen (secondary N) is 3. The molecule has 0 saturated heterocycles. The quantitative estimate of drug-likeness (QED) is 0.677. The number of aryl methyl sites for hydroxylation is 2. The van der Waals surface area contributed by atoms with Gasteiger partial charge in [0.25, 0.3) is 10.0 Å². The van der Waals surface area contributed by atoms with Crippen LogP contribution < -0.4 is 10.4 Å². The van der Waals surface area contributed by atoms with E-state index in [1.807, 2.05) is 6.92 Å². The Kier molecular flexibility index (Phi) is 3.69. The lowest BCUT2D eigenvalue weighted by molar-refractivity contribution is 0.600. The normalized spacial score (nSPS) is 11.8. The largest absolute Gasteiger partial charge is 0.323 e. The summed E-state index contributed by atoms with van der Waals surface area (Å²) >= 11 is 6.11. The molecule has 8 heteroatoms. The minimum atomic E-state index is -3.78. The Morgan fingerprint density at radius 2 is 1.70 bits per heavy atom. The van der Waals surface area contributed by atoms with Crippen molar-refractivity contribution in [3.05, 3.63) is 57.0 Å². The molecule has 0 bridgehead atoms. The molecule has 1 aromatic heterocycles. The molecule has 6 nitrogen and oxygen atoms in total. The SMILES string of the molecule is Cc1ccc(S(=O)(=O)Nc2cc3[nH]c(=O)[nH]c3cc2Cl)c(C)c1. The average Bonchev–Trinajstić information content (AvgIpc) is 2.77. The number of hydrogen-bond donors (Lipinski definition) is 3. The second-order valence-electron chi connectivity index (χ2n) is 5.33. The van der Waals surface area contributed by atoms with Crippen LogP contribution in [0.1, 0.15) is 11.1 Å². The van der Waals surface area contributed by atoms with Gasteiger partial charge >= 0.3 is 5.69 Å². The van der Waals surface area contributed by atoms with Crippen molar-refractivity contribution in [2.75, 3.05) is 4.72 Å². The van der Waals surface area contributed by atoms with E-state index in [9.17, 15) is 13.2 Å². The summed E-state index contributed by atoms with van der Waals surface area (Å²) in [6.45, 7) is 3.62. The molecule has 23 heavy (non-hydrogen) atoms. The fourth-order valence-electron chi connectivity index (χ4n) is 2.43. The third-order valence-corrected chi connectivity index (χ3v) is 5.31. The highest BCUT2D eigenvalue weighted by Gasteiger charge is 2.19. The van der Waals surface area contributed by atoms with Gasteiger partial charge in [0.1, 0.15) is 0 Å². The van der Waals surface area contributed by atoms with E-state index in [-0.39, 0.29) is 21.3 Å². The summed E-state index contributed by atoms with van der Waals surface area (Å²) < 4.78 is 27.6. The summed E-state index contributed by atoms with van der Waals surface area (Å²) in [6, 6.07) is 8.06. The van der Waals surface area contributed by atoms with Crippen LogP contribution in [0, 0.1) is 13.8 Å². The lowest BCUT2D eigenvalue weighted by Crippen LogP contribution is -2.14. The molecule has 0 fully saturated rings. The van der Waals surface area contributed by atoms with E-state index in [2.05, 4.69) is 14.7 Å². The first-order chi connectivity index (χ1) is 10.8. The van der Waals surface area contributed by atoms with Crippen LogP contribution in [0.2, 0.25) is 5.02 Å². The van der Waals surface area contributed by atoms with Crippen LogP contribution in [0.25, 0.3) is 11.0 Å². The van der Waals surface area contributed by atoms with Gasteiger partial charge in [-0.15, -0.1) is 0 Å². The van der Waals surface area contributed by atoms with E-state index in [4.69, 9.17) is 11.6 Å². The Morgan fingerprint density at radius 1 is 1.04 bits per heavy atom. The molecule has 0 saturated carbocycles. The molecule has 1 heterocycles. The molecule has 3 aromatic rings. The maximum Gasteiger partial charge on any atom is 0.323 e. The zero-order chi connectivity index (χ0) is 16.8. The smallest absolute Gasteiger partial charge is 0.306 e. The van der Waals surface area contributed by atoms with Gasteiger partial charge in [0, 0.05) is 0 Å². The molecule has 0 aliphatic rings. The Balaban J connectivity index is 2.06. The van der Waals surface area contributed by atoms with Gasteiger partial charge in [0.05, 0.1) is 26.6 Å². The number of hydrogen-bond acceptors (Lipinski definition) is 3. The Morgan fingerprint density at radius 3 is 2.35 bits per heavy atom. The highest BCUT2D eigenvalue weighted by Crippen LogP contribution is 2.29. The fourth-order valence-corrected chi connectivity index (χ4v) is 4.00. The van der Waals surface area contributed by atoms with Crippen LogP contribution >= 0.6 is 11.6 Å². The summed E-state index contributed by atoms with van der Waals surface area (Å²) in [4.78, 5) is 16.6. The van der Waals surface area contributed by atoms with Gasteiger partial charge in [-0.05, 0) is 37.6 Å². The first-order valence-electron chi connectivity index (χ1n) is 6.78. The van der Waals surface area contributed by atoms with Crippen molar-refractivity contribution >= 4 is 38.3 Å². The van der Waals surface area contributed by atoms with Crippen LogP contribution in [-0.4, -0.2) is 18.4 Å². The van der Waals surface area contributed by atoms with Crippen LogP contribution in [0.4, 0.5) is 5.69 Å². The fraction of sp³-hybridized carbons (Fsp3) is 0.133. The predicted octanol–water partition coefficient (Wildman–Crippen LogP) is 2.93. The summed E-state index contributed by atoms with van der Waals surface area (Å²) in [5.74, 6) is 0. The van der Waals surface area contributed by atoms with Gasteiger partial charge in [0.15, 0.2) is 0 Å². The molecular weight excluding hydrogens is 338 g/mol. The third-order valence-electron chi connectivity index (χ3n) is 3.47. The summed E-state index contributed by atoms with van der Waals surface area (Å²) in [5.41, 5.74) is 2.42. The van der Waals surface area contributed by atoms with Crippen molar-refractivity contribution in [2.24, 2.45) is 0 Å². The van der Waals surface area contributed by atoms with Crippen molar-refractivity contribution in [3.63, 3.8) is 0 Å². The van der Waals surface area contributed by atoms with E-state index in [0.29, 0.717) is 16.6 Å². The van der Waals surface area contributed by atoms with Crippen molar-refractivity contribution in [3.8, 4) is 0 Å². The molecule has 0 aliphatic heterocycles. The molecule has 0 amide bonds. The molecule has 0 atom stereocenters. The molecule has 3 rings (SSSR count). The first-order valence-corrected chi connectivity index (χ1v) is 8.64. The minimum Gasteiger partial charge on any atom is -0.306 e. The number of benzene rings is 2. The van der Waals surface area contributed by atoms with Crippen LogP contribution in [0.3, 0.4) is 0 Å². The zero-order valence-electron chi connectivity index (χ0n) is 12.4. The van der Waals surface area contributed by atoms with Crippen LogP contribution in [-0.2, 0) is 10.0 Å². The summed E-state index contributed by atoms with van der Waals surface area (Å²) in [7, 11) is -3.78. The van der Waals surface area contributed by atoms with Gasteiger partial charge < -0.3 is 9.97 Å².